The number of aromatic nitrogens is 1. The molecule has 0 saturated carbocycles. The van der Waals surface area contributed by atoms with Gasteiger partial charge in [0.05, 0.1) is 5.01 Å². The van der Waals surface area contributed by atoms with Gasteiger partial charge in [0, 0.05) is 23.9 Å². The summed E-state index contributed by atoms with van der Waals surface area (Å²) in [4.78, 5) is 16.3. The molecule has 3 N–H and O–H groups in total. The molecule has 0 aliphatic rings. The second kappa shape index (κ2) is 7.56. The van der Waals surface area contributed by atoms with Gasteiger partial charge in [0.1, 0.15) is 5.69 Å². The fourth-order valence-corrected chi connectivity index (χ4v) is 2.77. The van der Waals surface area contributed by atoms with Gasteiger partial charge in [-0.25, -0.2) is 4.98 Å². The maximum atomic E-state index is 12.4. The average Bonchev–Trinajstić information content (AvgIpc) is 2.95. The minimum absolute atomic E-state index is 0.185. The van der Waals surface area contributed by atoms with Gasteiger partial charge in [-0.05, 0) is 24.6 Å². The van der Waals surface area contributed by atoms with E-state index < -0.39 is 18.5 Å². The van der Waals surface area contributed by atoms with Crippen LogP contribution in [0.5, 0.6) is 0 Å². The van der Waals surface area contributed by atoms with Crippen LogP contribution in [0.3, 0.4) is 0 Å². The van der Waals surface area contributed by atoms with E-state index >= 15 is 0 Å². The van der Waals surface area contributed by atoms with Crippen molar-refractivity contribution in [1.82, 2.24) is 4.98 Å². The maximum Gasteiger partial charge on any atom is 0.389 e. The van der Waals surface area contributed by atoms with Crippen molar-refractivity contribution in [3.05, 3.63) is 45.9 Å². The van der Waals surface area contributed by atoms with Crippen LogP contribution in [-0.2, 0) is 12.8 Å². The molecule has 1 heterocycles. The number of aryl methyl sites for hydroxylation is 1. The van der Waals surface area contributed by atoms with Gasteiger partial charge >= 0.3 is 6.18 Å². The zero-order chi connectivity index (χ0) is 16.9. The smallest absolute Gasteiger partial charge is 0.330 e. The first-order valence-corrected chi connectivity index (χ1v) is 7.87. The van der Waals surface area contributed by atoms with E-state index in [4.69, 9.17) is 5.73 Å². The van der Waals surface area contributed by atoms with Crippen LogP contribution in [0.25, 0.3) is 0 Å². The highest BCUT2D eigenvalue weighted by molar-refractivity contribution is 7.09. The van der Waals surface area contributed by atoms with Crippen LogP contribution in [-0.4, -0.2) is 23.6 Å². The first kappa shape index (κ1) is 17.4. The minimum atomic E-state index is -4.23. The summed E-state index contributed by atoms with van der Waals surface area (Å²) in [5.74, 6) is -0.441. The number of para-hydroxylation sites is 1. The standard InChI is InChI=1S/C15H16F3N3OS/c16-15(17,18)7-5-10-3-1-2-4-11(10)21-14(22)12-9-23-13(20-12)6-8-19/h1-4,9H,5-8,19H2,(H,21,22). The lowest BCUT2D eigenvalue weighted by atomic mass is 10.1. The van der Waals surface area contributed by atoms with Gasteiger partial charge in [0.25, 0.3) is 5.91 Å². The van der Waals surface area contributed by atoms with Crippen LogP contribution in [0.1, 0.15) is 27.5 Å². The molecule has 0 aliphatic heterocycles. The van der Waals surface area contributed by atoms with Crippen molar-refractivity contribution in [2.75, 3.05) is 11.9 Å². The molecule has 0 atom stereocenters. The van der Waals surface area contributed by atoms with Crippen molar-refractivity contribution in [3.63, 3.8) is 0 Å². The number of hydrogen-bond donors (Lipinski definition) is 2. The Morgan fingerprint density at radius 3 is 2.70 bits per heavy atom. The monoisotopic (exact) mass is 343 g/mol. The van der Waals surface area contributed by atoms with Crippen molar-refractivity contribution < 1.29 is 18.0 Å². The Hall–Kier alpha value is -1.93. The third-order valence-electron chi connectivity index (χ3n) is 3.09. The van der Waals surface area contributed by atoms with E-state index in [0.29, 0.717) is 24.2 Å². The number of amides is 1. The topological polar surface area (TPSA) is 68.0 Å². The number of nitrogens with one attached hydrogen (secondary N) is 1. The number of carbonyl (C=O) groups excluding carboxylic acids is 1. The second-order valence-electron chi connectivity index (χ2n) is 4.89. The van der Waals surface area contributed by atoms with Gasteiger partial charge in [0.2, 0.25) is 0 Å². The van der Waals surface area contributed by atoms with Crippen molar-refractivity contribution in [2.45, 2.75) is 25.4 Å². The minimum Gasteiger partial charge on any atom is -0.330 e. The van der Waals surface area contributed by atoms with Gasteiger partial charge < -0.3 is 11.1 Å². The summed E-state index contributed by atoms with van der Waals surface area (Å²) in [7, 11) is 0. The number of thiazole rings is 1. The van der Waals surface area contributed by atoms with Crippen LogP contribution in [0, 0.1) is 0 Å². The summed E-state index contributed by atoms with van der Waals surface area (Å²) >= 11 is 1.33. The Kier molecular flexibility index (Phi) is 5.73. The SMILES string of the molecule is NCCc1nc(C(=O)Nc2ccccc2CCC(F)(F)F)cs1. The van der Waals surface area contributed by atoms with Crippen molar-refractivity contribution in [2.24, 2.45) is 5.73 Å². The Morgan fingerprint density at radius 1 is 1.26 bits per heavy atom. The molecule has 1 amide bonds. The molecule has 1 aromatic heterocycles. The summed E-state index contributed by atoms with van der Waals surface area (Å²) in [6.45, 7) is 0.439. The highest BCUT2D eigenvalue weighted by Gasteiger charge is 2.27. The number of nitrogens with two attached hydrogens (primary N) is 1. The van der Waals surface area contributed by atoms with Crippen LogP contribution >= 0.6 is 11.3 Å². The number of nitrogens with zero attached hydrogens (tertiary/aromatic N) is 1. The predicted molar refractivity (Wildman–Crippen MR) is 83.6 cm³/mol. The number of benzene rings is 1. The Labute approximate surface area is 135 Å². The normalized spacial score (nSPS) is 11.5. The lowest BCUT2D eigenvalue weighted by Crippen LogP contribution is -2.15. The molecule has 0 radical (unpaired) electrons. The molecular weight excluding hydrogens is 327 g/mol. The summed E-state index contributed by atoms with van der Waals surface area (Å²) in [5, 5.41) is 4.99. The summed E-state index contributed by atoms with van der Waals surface area (Å²) < 4.78 is 37.1. The number of carbonyl (C=O) groups is 1. The molecule has 0 bridgehead atoms. The second-order valence-corrected chi connectivity index (χ2v) is 5.83. The summed E-state index contributed by atoms with van der Waals surface area (Å²) in [5.41, 5.74) is 6.48. The molecule has 2 aromatic rings. The number of alkyl halides is 3. The van der Waals surface area contributed by atoms with E-state index in [2.05, 4.69) is 10.3 Å². The first-order valence-electron chi connectivity index (χ1n) is 6.99. The van der Waals surface area contributed by atoms with E-state index in [9.17, 15) is 18.0 Å². The van der Waals surface area contributed by atoms with E-state index in [1.165, 1.54) is 11.3 Å². The zero-order valence-corrected chi connectivity index (χ0v) is 13.0. The Balaban J connectivity index is 2.08. The molecule has 1 aromatic carbocycles. The molecule has 0 spiro atoms. The third kappa shape index (κ3) is 5.33. The molecule has 0 saturated heterocycles. The molecule has 0 unspecified atom stereocenters. The van der Waals surface area contributed by atoms with Crippen molar-refractivity contribution in [3.8, 4) is 0 Å². The zero-order valence-electron chi connectivity index (χ0n) is 12.2. The fraction of sp³-hybridized carbons (Fsp3) is 0.333. The number of hydrogen-bond acceptors (Lipinski definition) is 4. The number of halogens is 3. The van der Waals surface area contributed by atoms with Crippen LogP contribution < -0.4 is 11.1 Å². The summed E-state index contributed by atoms with van der Waals surface area (Å²) in [6.07, 6.45) is -4.77. The third-order valence-corrected chi connectivity index (χ3v) is 3.99. The predicted octanol–water partition coefficient (Wildman–Crippen LogP) is 3.39. The largest absolute Gasteiger partial charge is 0.389 e. The molecular formula is C15H16F3N3OS. The molecule has 0 fully saturated rings. The van der Waals surface area contributed by atoms with Crippen molar-refractivity contribution in [1.29, 1.82) is 0 Å². The highest BCUT2D eigenvalue weighted by Crippen LogP contribution is 2.25. The molecule has 8 heteroatoms. The maximum absolute atomic E-state index is 12.4. The Morgan fingerprint density at radius 2 is 2.00 bits per heavy atom. The molecule has 2 rings (SSSR count). The quantitative estimate of drug-likeness (QED) is 0.845. The lowest BCUT2D eigenvalue weighted by Gasteiger charge is -2.11. The number of anilines is 1. The molecule has 23 heavy (non-hydrogen) atoms. The van der Waals surface area contributed by atoms with Gasteiger partial charge in [-0.2, -0.15) is 13.2 Å². The van der Waals surface area contributed by atoms with Gasteiger partial charge in [-0.15, -0.1) is 11.3 Å². The van der Waals surface area contributed by atoms with E-state index in [1.54, 1.807) is 29.6 Å². The lowest BCUT2D eigenvalue weighted by molar-refractivity contribution is -0.133. The van der Waals surface area contributed by atoms with Crippen LogP contribution in [0.15, 0.2) is 29.6 Å². The van der Waals surface area contributed by atoms with Crippen LogP contribution in [0.2, 0.25) is 0 Å². The van der Waals surface area contributed by atoms with E-state index in [1.807, 2.05) is 0 Å². The first-order chi connectivity index (χ1) is 10.9. The average molecular weight is 343 g/mol. The van der Waals surface area contributed by atoms with Gasteiger partial charge in [0.15, 0.2) is 0 Å². The Bertz CT molecular complexity index is 670. The van der Waals surface area contributed by atoms with E-state index in [-0.39, 0.29) is 12.1 Å². The molecule has 124 valence electrons. The van der Waals surface area contributed by atoms with Gasteiger partial charge in [-0.3, -0.25) is 4.79 Å². The summed E-state index contributed by atoms with van der Waals surface area (Å²) in [6, 6.07) is 6.45. The number of rotatable bonds is 6. The van der Waals surface area contributed by atoms with Crippen LogP contribution in [0.4, 0.5) is 18.9 Å². The highest BCUT2D eigenvalue weighted by atomic mass is 32.1. The fourth-order valence-electron chi connectivity index (χ4n) is 1.98. The van der Waals surface area contributed by atoms with Crippen molar-refractivity contribution >= 4 is 22.9 Å². The molecule has 0 aliphatic carbocycles. The van der Waals surface area contributed by atoms with Gasteiger partial charge in [-0.1, -0.05) is 18.2 Å². The molecule has 4 nitrogen and oxygen atoms in total. The van der Waals surface area contributed by atoms with E-state index in [0.717, 1.165) is 5.01 Å².